The van der Waals surface area contributed by atoms with E-state index in [0.29, 0.717) is 22.9 Å². The van der Waals surface area contributed by atoms with Crippen molar-refractivity contribution in [2.24, 2.45) is 0 Å². The summed E-state index contributed by atoms with van der Waals surface area (Å²) in [4.78, 5) is 16.9. The van der Waals surface area contributed by atoms with Crippen LogP contribution in [0.5, 0.6) is 5.75 Å². The maximum Gasteiger partial charge on any atom is 0.176 e. The van der Waals surface area contributed by atoms with Gasteiger partial charge in [-0.2, -0.15) is 0 Å². The number of ether oxygens (including phenoxy) is 1. The molecule has 0 aromatic heterocycles. The molecule has 2 rings (SSSR count). The SMILES string of the molecule is CCN1CCN(CC(=O)c2ccc(OC)c(Cl)c2)CC1. The average Bonchev–Trinajstić information content (AvgIpc) is 2.48. The predicted octanol–water partition coefficient (Wildman–Crippen LogP) is 2.17. The van der Waals surface area contributed by atoms with Crippen LogP contribution >= 0.6 is 11.6 Å². The minimum absolute atomic E-state index is 0.111. The van der Waals surface area contributed by atoms with E-state index < -0.39 is 0 Å². The van der Waals surface area contributed by atoms with Crippen LogP contribution in [0.1, 0.15) is 17.3 Å². The molecular formula is C15H21ClN2O2. The van der Waals surface area contributed by atoms with Gasteiger partial charge in [0.2, 0.25) is 0 Å². The smallest absolute Gasteiger partial charge is 0.176 e. The molecule has 1 saturated heterocycles. The number of carbonyl (C=O) groups is 1. The van der Waals surface area contributed by atoms with Gasteiger partial charge in [-0.1, -0.05) is 18.5 Å². The van der Waals surface area contributed by atoms with Crippen molar-refractivity contribution in [3.8, 4) is 5.75 Å². The van der Waals surface area contributed by atoms with Crippen molar-refractivity contribution in [3.63, 3.8) is 0 Å². The molecule has 5 heteroatoms. The molecule has 20 heavy (non-hydrogen) atoms. The zero-order chi connectivity index (χ0) is 14.5. The molecule has 0 spiro atoms. The number of ketones is 1. The predicted molar refractivity (Wildman–Crippen MR) is 80.9 cm³/mol. The first-order chi connectivity index (χ1) is 9.63. The Bertz CT molecular complexity index is 471. The third-order valence-corrected chi connectivity index (χ3v) is 4.05. The topological polar surface area (TPSA) is 32.8 Å². The van der Waals surface area contributed by atoms with Gasteiger partial charge in [-0.3, -0.25) is 9.69 Å². The number of nitrogens with zero attached hydrogens (tertiary/aromatic N) is 2. The highest BCUT2D eigenvalue weighted by atomic mass is 35.5. The molecule has 0 atom stereocenters. The zero-order valence-electron chi connectivity index (χ0n) is 12.1. The van der Waals surface area contributed by atoms with Gasteiger partial charge >= 0.3 is 0 Å². The summed E-state index contributed by atoms with van der Waals surface area (Å²) in [5.74, 6) is 0.708. The number of likely N-dealkylation sites (N-methyl/N-ethyl adjacent to an activating group) is 1. The van der Waals surface area contributed by atoms with Crippen LogP contribution in [-0.2, 0) is 0 Å². The number of halogens is 1. The monoisotopic (exact) mass is 296 g/mol. The molecule has 0 amide bonds. The maximum atomic E-state index is 12.3. The second kappa shape index (κ2) is 7.07. The van der Waals surface area contributed by atoms with E-state index in [0.717, 1.165) is 32.7 Å². The van der Waals surface area contributed by atoms with Crippen LogP contribution in [0, 0.1) is 0 Å². The van der Waals surface area contributed by atoms with Crippen molar-refractivity contribution < 1.29 is 9.53 Å². The number of Topliss-reactive ketones (excluding diaryl/α,β-unsaturated/α-hetero) is 1. The Morgan fingerprint density at radius 2 is 1.90 bits per heavy atom. The Kier molecular flexibility index (Phi) is 5.40. The first kappa shape index (κ1) is 15.3. The molecule has 0 radical (unpaired) electrons. The normalized spacial score (nSPS) is 17.1. The van der Waals surface area contributed by atoms with Crippen LogP contribution < -0.4 is 4.74 Å². The van der Waals surface area contributed by atoms with Crippen molar-refractivity contribution in [2.45, 2.75) is 6.92 Å². The molecule has 1 fully saturated rings. The Balaban J connectivity index is 1.93. The molecule has 1 heterocycles. The summed E-state index contributed by atoms with van der Waals surface area (Å²) < 4.78 is 5.09. The van der Waals surface area contributed by atoms with E-state index in [2.05, 4.69) is 16.7 Å². The number of rotatable bonds is 5. The molecule has 0 saturated carbocycles. The van der Waals surface area contributed by atoms with Gasteiger partial charge in [0.15, 0.2) is 5.78 Å². The van der Waals surface area contributed by atoms with Crippen molar-refractivity contribution in [2.75, 3.05) is 46.4 Å². The summed E-state index contributed by atoms with van der Waals surface area (Å²) in [6.07, 6.45) is 0. The summed E-state index contributed by atoms with van der Waals surface area (Å²) in [5.41, 5.74) is 0.647. The summed E-state index contributed by atoms with van der Waals surface area (Å²) in [5, 5.41) is 0.481. The third kappa shape index (κ3) is 3.72. The number of carbonyl (C=O) groups excluding carboxylic acids is 1. The van der Waals surface area contributed by atoms with Gasteiger partial charge in [-0.25, -0.2) is 0 Å². The number of benzene rings is 1. The zero-order valence-corrected chi connectivity index (χ0v) is 12.8. The van der Waals surface area contributed by atoms with Crippen LogP contribution in [0.3, 0.4) is 0 Å². The Morgan fingerprint density at radius 1 is 1.25 bits per heavy atom. The van der Waals surface area contributed by atoms with Crippen molar-refractivity contribution in [3.05, 3.63) is 28.8 Å². The van der Waals surface area contributed by atoms with Gasteiger partial charge in [0, 0.05) is 31.7 Å². The molecule has 1 aliphatic rings. The largest absolute Gasteiger partial charge is 0.495 e. The maximum absolute atomic E-state index is 12.3. The highest BCUT2D eigenvalue weighted by Crippen LogP contribution is 2.25. The molecular weight excluding hydrogens is 276 g/mol. The lowest BCUT2D eigenvalue weighted by Gasteiger charge is -2.33. The van der Waals surface area contributed by atoms with Gasteiger partial charge in [-0.15, -0.1) is 0 Å². The van der Waals surface area contributed by atoms with Crippen molar-refractivity contribution in [1.29, 1.82) is 0 Å². The van der Waals surface area contributed by atoms with Crippen LogP contribution in [-0.4, -0.2) is 62.0 Å². The molecule has 1 aliphatic heterocycles. The Labute approximate surface area is 125 Å². The fraction of sp³-hybridized carbons (Fsp3) is 0.533. The summed E-state index contributed by atoms with van der Waals surface area (Å²) >= 11 is 6.06. The molecule has 1 aromatic rings. The van der Waals surface area contributed by atoms with Gasteiger partial charge in [0.05, 0.1) is 18.7 Å². The van der Waals surface area contributed by atoms with Gasteiger partial charge < -0.3 is 9.64 Å². The molecule has 0 aliphatic carbocycles. The first-order valence-electron chi connectivity index (χ1n) is 6.95. The minimum atomic E-state index is 0.111. The highest BCUT2D eigenvalue weighted by molar-refractivity contribution is 6.32. The molecule has 0 unspecified atom stereocenters. The Morgan fingerprint density at radius 3 is 2.45 bits per heavy atom. The van der Waals surface area contributed by atoms with Crippen LogP contribution in [0.4, 0.5) is 0 Å². The van der Waals surface area contributed by atoms with E-state index in [9.17, 15) is 4.79 Å². The Hall–Kier alpha value is -1.10. The number of methoxy groups -OCH3 is 1. The lowest BCUT2D eigenvalue weighted by atomic mass is 10.1. The summed E-state index contributed by atoms with van der Waals surface area (Å²) in [6, 6.07) is 5.20. The van der Waals surface area contributed by atoms with Gasteiger partial charge in [-0.05, 0) is 24.7 Å². The lowest BCUT2D eigenvalue weighted by molar-refractivity contribution is 0.0859. The first-order valence-corrected chi connectivity index (χ1v) is 7.33. The quantitative estimate of drug-likeness (QED) is 0.780. The molecule has 4 nitrogen and oxygen atoms in total. The second-order valence-electron chi connectivity index (χ2n) is 4.98. The van der Waals surface area contributed by atoms with E-state index in [4.69, 9.17) is 16.3 Å². The lowest BCUT2D eigenvalue weighted by Crippen LogP contribution is -2.47. The average molecular weight is 297 g/mol. The van der Waals surface area contributed by atoms with E-state index >= 15 is 0 Å². The summed E-state index contributed by atoms with van der Waals surface area (Å²) in [6.45, 7) is 7.67. The van der Waals surface area contributed by atoms with Crippen LogP contribution in [0.15, 0.2) is 18.2 Å². The fourth-order valence-corrected chi connectivity index (χ4v) is 2.66. The van der Waals surface area contributed by atoms with E-state index in [1.165, 1.54) is 0 Å². The third-order valence-electron chi connectivity index (χ3n) is 3.75. The van der Waals surface area contributed by atoms with E-state index in [1.54, 1.807) is 25.3 Å². The fourth-order valence-electron chi connectivity index (χ4n) is 2.40. The van der Waals surface area contributed by atoms with Crippen LogP contribution in [0.25, 0.3) is 0 Å². The van der Waals surface area contributed by atoms with Gasteiger partial charge in [0.1, 0.15) is 5.75 Å². The van der Waals surface area contributed by atoms with Crippen molar-refractivity contribution in [1.82, 2.24) is 9.80 Å². The second-order valence-corrected chi connectivity index (χ2v) is 5.39. The molecule has 0 bridgehead atoms. The van der Waals surface area contributed by atoms with Crippen LogP contribution in [0.2, 0.25) is 5.02 Å². The minimum Gasteiger partial charge on any atom is -0.495 e. The standard InChI is InChI=1S/C15H21ClN2O2/c1-3-17-6-8-18(9-7-17)11-14(19)12-4-5-15(20-2)13(16)10-12/h4-5,10H,3,6-9,11H2,1-2H3. The number of piperazine rings is 1. The highest BCUT2D eigenvalue weighted by Gasteiger charge is 2.19. The van der Waals surface area contributed by atoms with E-state index in [1.807, 2.05) is 0 Å². The summed E-state index contributed by atoms with van der Waals surface area (Å²) in [7, 11) is 1.57. The number of hydrogen-bond acceptors (Lipinski definition) is 4. The van der Waals surface area contributed by atoms with Gasteiger partial charge in [0.25, 0.3) is 0 Å². The molecule has 1 aromatic carbocycles. The number of hydrogen-bond donors (Lipinski definition) is 0. The van der Waals surface area contributed by atoms with Crippen molar-refractivity contribution >= 4 is 17.4 Å². The molecule has 110 valence electrons. The molecule has 0 N–H and O–H groups in total. The van der Waals surface area contributed by atoms with E-state index in [-0.39, 0.29) is 5.78 Å².